The highest BCUT2D eigenvalue weighted by Gasteiger charge is 2.24. The third kappa shape index (κ3) is 3.24. The number of carbonyl (C=O) groups is 1. The molecule has 0 spiro atoms. The number of benzene rings is 1. The van der Waals surface area contributed by atoms with Gasteiger partial charge in [0.2, 0.25) is 11.8 Å². The molecule has 0 saturated carbocycles. The maximum atomic E-state index is 12.3. The Balaban J connectivity index is 1.60. The van der Waals surface area contributed by atoms with Gasteiger partial charge >= 0.3 is 0 Å². The molecule has 7 heteroatoms. The summed E-state index contributed by atoms with van der Waals surface area (Å²) in [6.07, 6.45) is 2.90. The molecule has 0 radical (unpaired) electrons. The smallest absolute Gasteiger partial charge is 0.277 e. The Bertz CT molecular complexity index is 645. The van der Waals surface area contributed by atoms with Crippen molar-refractivity contribution in [1.82, 2.24) is 10.2 Å². The van der Waals surface area contributed by atoms with E-state index in [4.69, 9.17) is 4.42 Å². The van der Waals surface area contributed by atoms with Gasteiger partial charge in [-0.05, 0) is 24.3 Å². The lowest BCUT2D eigenvalue weighted by Crippen LogP contribution is -2.30. The Morgan fingerprint density at radius 1 is 1.38 bits per heavy atom. The standard InChI is InChI=1S/C14H15N3O2S2/c1-20-8-12-15-16-14(19-12)21-9-13(18)17-7-6-10-4-2-3-5-11(10)17/h2-5H,6-9H2,1H3. The van der Waals surface area contributed by atoms with Crippen molar-refractivity contribution in [1.29, 1.82) is 0 Å². The van der Waals surface area contributed by atoms with Crippen molar-refractivity contribution in [3.63, 3.8) is 0 Å². The molecule has 1 aromatic heterocycles. The molecular weight excluding hydrogens is 306 g/mol. The van der Waals surface area contributed by atoms with Crippen LogP contribution in [0.1, 0.15) is 11.5 Å². The molecule has 1 aromatic carbocycles. The molecule has 21 heavy (non-hydrogen) atoms. The molecule has 0 atom stereocenters. The number of aromatic nitrogens is 2. The molecule has 110 valence electrons. The highest BCUT2D eigenvalue weighted by atomic mass is 32.2. The van der Waals surface area contributed by atoms with Gasteiger partial charge in [-0.25, -0.2) is 0 Å². The molecule has 0 N–H and O–H groups in total. The zero-order chi connectivity index (χ0) is 14.7. The van der Waals surface area contributed by atoms with E-state index in [0.717, 1.165) is 18.7 Å². The SMILES string of the molecule is CSCc1nnc(SCC(=O)N2CCc3ccccc32)o1. The van der Waals surface area contributed by atoms with Crippen LogP contribution in [0, 0.1) is 0 Å². The second kappa shape index (κ2) is 6.53. The number of nitrogens with zero attached hydrogens (tertiary/aromatic N) is 3. The van der Waals surface area contributed by atoms with E-state index in [9.17, 15) is 4.79 Å². The van der Waals surface area contributed by atoms with Crippen molar-refractivity contribution in [2.45, 2.75) is 17.4 Å². The maximum absolute atomic E-state index is 12.3. The number of anilines is 1. The minimum atomic E-state index is 0.0783. The minimum Gasteiger partial charge on any atom is -0.415 e. The highest BCUT2D eigenvalue weighted by Crippen LogP contribution is 2.28. The third-order valence-electron chi connectivity index (χ3n) is 3.22. The predicted molar refractivity (Wildman–Crippen MR) is 84.7 cm³/mol. The highest BCUT2D eigenvalue weighted by molar-refractivity contribution is 7.99. The number of para-hydroxylation sites is 1. The zero-order valence-corrected chi connectivity index (χ0v) is 13.2. The molecule has 0 bridgehead atoms. The van der Waals surface area contributed by atoms with Crippen molar-refractivity contribution >= 4 is 35.1 Å². The molecule has 0 aliphatic carbocycles. The monoisotopic (exact) mass is 321 g/mol. The maximum Gasteiger partial charge on any atom is 0.277 e. The molecular formula is C14H15N3O2S2. The fraction of sp³-hybridized carbons (Fsp3) is 0.357. The molecule has 2 heterocycles. The Morgan fingerprint density at radius 2 is 2.24 bits per heavy atom. The molecule has 1 aliphatic rings. The Hall–Kier alpha value is -1.47. The summed E-state index contributed by atoms with van der Waals surface area (Å²) in [6.45, 7) is 0.750. The van der Waals surface area contributed by atoms with E-state index in [-0.39, 0.29) is 5.91 Å². The van der Waals surface area contributed by atoms with Gasteiger partial charge in [-0.15, -0.1) is 10.2 Å². The van der Waals surface area contributed by atoms with E-state index in [0.29, 0.717) is 22.6 Å². The number of hydrogen-bond acceptors (Lipinski definition) is 6. The average Bonchev–Trinajstić information content (AvgIpc) is 3.12. The lowest BCUT2D eigenvalue weighted by atomic mass is 10.2. The summed E-state index contributed by atoms with van der Waals surface area (Å²) in [7, 11) is 0. The first kappa shape index (κ1) is 14.5. The third-order valence-corrected chi connectivity index (χ3v) is 4.56. The topological polar surface area (TPSA) is 59.2 Å². The van der Waals surface area contributed by atoms with Crippen LogP contribution in [0.2, 0.25) is 0 Å². The van der Waals surface area contributed by atoms with Crippen LogP contribution in [0.4, 0.5) is 5.69 Å². The lowest BCUT2D eigenvalue weighted by molar-refractivity contribution is -0.116. The summed E-state index contributed by atoms with van der Waals surface area (Å²) in [5, 5.41) is 8.33. The molecule has 2 aromatic rings. The van der Waals surface area contributed by atoms with E-state index in [2.05, 4.69) is 16.3 Å². The number of fused-ring (bicyclic) bond motifs is 1. The van der Waals surface area contributed by atoms with Crippen LogP contribution >= 0.6 is 23.5 Å². The van der Waals surface area contributed by atoms with Crippen LogP contribution in [0.15, 0.2) is 33.9 Å². The predicted octanol–water partition coefficient (Wildman–Crippen LogP) is 2.61. The molecule has 3 rings (SSSR count). The Morgan fingerprint density at radius 3 is 3.10 bits per heavy atom. The molecule has 1 amide bonds. The first-order chi connectivity index (χ1) is 10.3. The van der Waals surface area contributed by atoms with Crippen molar-refractivity contribution in [2.75, 3.05) is 23.5 Å². The minimum absolute atomic E-state index is 0.0783. The molecule has 0 fully saturated rings. The normalized spacial score (nSPS) is 13.5. The van der Waals surface area contributed by atoms with Crippen molar-refractivity contribution in [3.8, 4) is 0 Å². The van der Waals surface area contributed by atoms with Gasteiger partial charge in [-0.2, -0.15) is 11.8 Å². The van der Waals surface area contributed by atoms with Gasteiger partial charge in [0.15, 0.2) is 0 Å². The number of amides is 1. The summed E-state index contributed by atoms with van der Waals surface area (Å²) < 4.78 is 5.46. The van der Waals surface area contributed by atoms with E-state index in [1.165, 1.54) is 17.3 Å². The second-order valence-electron chi connectivity index (χ2n) is 4.61. The lowest BCUT2D eigenvalue weighted by Gasteiger charge is -2.16. The Kier molecular flexibility index (Phi) is 4.50. The van der Waals surface area contributed by atoms with Gasteiger partial charge in [-0.1, -0.05) is 30.0 Å². The van der Waals surface area contributed by atoms with E-state index >= 15 is 0 Å². The first-order valence-corrected chi connectivity index (χ1v) is 8.98. The van der Waals surface area contributed by atoms with Gasteiger partial charge in [0.25, 0.3) is 5.22 Å². The van der Waals surface area contributed by atoms with Crippen LogP contribution < -0.4 is 4.90 Å². The van der Waals surface area contributed by atoms with Crippen LogP contribution in [0.3, 0.4) is 0 Å². The number of hydrogen-bond donors (Lipinski definition) is 0. The molecule has 0 unspecified atom stereocenters. The largest absolute Gasteiger partial charge is 0.415 e. The molecule has 0 saturated heterocycles. The van der Waals surface area contributed by atoms with Gasteiger partial charge in [0.05, 0.1) is 11.5 Å². The van der Waals surface area contributed by atoms with Gasteiger partial charge in [0.1, 0.15) is 0 Å². The van der Waals surface area contributed by atoms with Crippen LogP contribution in [-0.4, -0.2) is 34.7 Å². The summed E-state index contributed by atoms with van der Waals surface area (Å²) in [5.74, 6) is 1.69. The Labute approximate surface area is 131 Å². The van der Waals surface area contributed by atoms with E-state index in [1.54, 1.807) is 11.8 Å². The number of thioether (sulfide) groups is 2. The first-order valence-electron chi connectivity index (χ1n) is 6.60. The van der Waals surface area contributed by atoms with E-state index < -0.39 is 0 Å². The number of rotatable bonds is 5. The second-order valence-corrected chi connectivity index (χ2v) is 6.40. The fourth-order valence-corrected chi connectivity index (χ4v) is 3.30. The van der Waals surface area contributed by atoms with Gasteiger partial charge < -0.3 is 9.32 Å². The summed E-state index contributed by atoms with van der Waals surface area (Å²) in [4.78, 5) is 14.2. The van der Waals surface area contributed by atoms with Crippen LogP contribution in [0.25, 0.3) is 0 Å². The van der Waals surface area contributed by atoms with Gasteiger partial charge in [0, 0.05) is 12.2 Å². The van der Waals surface area contributed by atoms with Crippen molar-refractivity contribution in [3.05, 3.63) is 35.7 Å². The van der Waals surface area contributed by atoms with Crippen molar-refractivity contribution in [2.24, 2.45) is 0 Å². The van der Waals surface area contributed by atoms with Crippen LogP contribution in [0.5, 0.6) is 0 Å². The van der Waals surface area contributed by atoms with E-state index in [1.807, 2.05) is 29.4 Å². The number of carbonyl (C=O) groups excluding carboxylic acids is 1. The quantitative estimate of drug-likeness (QED) is 0.789. The summed E-state index contributed by atoms with van der Waals surface area (Å²) >= 11 is 2.92. The summed E-state index contributed by atoms with van der Waals surface area (Å²) in [6, 6.07) is 8.04. The van der Waals surface area contributed by atoms with Crippen molar-refractivity contribution < 1.29 is 9.21 Å². The zero-order valence-electron chi connectivity index (χ0n) is 11.6. The summed E-state index contributed by atoms with van der Waals surface area (Å²) in [5.41, 5.74) is 2.26. The fourth-order valence-electron chi connectivity index (χ4n) is 2.28. The molecule has 5 nitrogen and oxygen atoms in total. The molecule has 1 aliphatic heterocycles. The average molecular weight is 321 g/mol. The van der Waals surface area contributed by atoms with Gasteiger partial charge in [-0.3, -0.25) is 4.79 Å². The van der Waals surface area contributed by atoms with Crippen LogP contribution in [-0.2, 0) is 17.0 Å².